The second-order valence-electron chi connectivity index (χ2n) is 3.47. The van der Waals surface area contributed by atoms with Crippen LogP contribution < -0.4 is 5.48 Å². The molecular weight excluding hydrogens is 230 g/mol. The van der Waals surface area contributed by atoms with E-state index < -0.39 is 31.5 Å². The molecule has 0 aliphatic carbocycles. The van der Waals surface area contributed by atoms with Crippen LogP contribution in [0.2, 0.25) is 0 Å². The molecule has 1 amide bonds. The molecule has 0 heterocycles. The van der Waals surface area contributed by atoms with Crippen molar-refractivity contribution in [3.8, 4) is 0 Å². The maximum atomic E-state index is 11.0. The second-order valence-corrected chi connectivity index (χ2v) is 3.47. The van der Waals surface area contributed by atoms with Crippen LogP contribution in [-0.2, 0) is 9.63 Å². The van der Waals surface area contributed by atoms with Gasteiger partial charge >= 0.3 is 0 Å². The van der Waals surface area contributed by atoms with Gasteiger partial charge in [-0.25, -0.2) is 5.48 Å². The van der Waals surface area contributed by atoms with E-state index in [1.807, 2.05) is 0 Å². The standard InChI is InChI=1S/C10H19NO6/c1-2-3-4-9(15)11-17-6-8(14)10(16)7(13)5-12/h2,7-8,10,12-14,16H,1,3-6H2,(H,11,15)/t7-,8?,10-/m0/s1. The van der Waals surface area contributed by atoms with Crippen molar-refractivity contribution in [1.82, 2.24) is 5.48 Å². The van der Waals surface area contributed by atoms with Crippen LogP contribution in [0.15, 0.2) is 12.7 Å². The van der Waals surface area contributed by atoms with Crippen LogP contribution in [0.5, 0.6) is 0 Å². The van der Waals surface area contributed by atoms with Gasteiger partial charge in [0.1, 0.15) is 24.9 Å². The summed E-state index contributed by atoms with van der Waals surface area (Å²) in [4.78, 5) is 15.7. The highest BCUT2D eigenvalue weighted by Crippen LogP contribution is 2.00. The summed E-state index contributed by atoms with van der Waals surface area (Å²) < 4.78 is 0. The minimum absolute atomic E-state index is 0.210. The summed E-state index contributed by atoms with van der Waals surface area (Å²) in [5.74, 6) is -0.380. The van der Waals surface area contributed by atoms with Gasteiger partial charge in [-0.1, -0.05) is 6.08 Å². The van der Waals surface area contributed by atoms with Crippen LogP contribution in [-0.4, -0.2) is 57.9 Å². The minimum atomic E-state index is -1.54. The molecule has 0 aromatic rings. The number of hydrogen-bond acceptors (Lipinski definition) is 6. The van der Waals surface area contributed by atoms with Crippen molar-refractivity contribution in [3.05, 3.63) is 12.7 Å². The Morgan fingerprint density at radius 1 is 1.35 bits per heavy atom. The molecule has 7 heteroatoms. The van der Waals surface area contributed by atoms with Gasteiger partial charge in [-0.05, 0) is 6.42 Å². The zero-order valence-electron chi connectivity index (χ0n) is 9.45. The predicted octanol–water partition coefficient (Wildman–Crippen LogP) is -1.92. The van der Waals surface area contributed by atoms with E-state index in [2.05, 4.69) is 16.9 Å². The van der Waals surface area contributed by atoms with Gasteiger partial charge in [-0.3, -0.25) is 9.63 Å². The summed E-state index contributed by atoms with van der Waals surface area (Å²) in [5.41, 5.74) is 2.06. The van der Waals surface area contributed by atoms with E-state index in [-0.39, 0.29) is 12.3 Å². The van der Waals surface area contributed by atoms with Crippen LogP contribution in [0.3, 0.4) is 0 Å². The van der Waals surface area contributed by atoms with Crippen molar-refractivity contribution in [1.29, 1.82) is 0 Å². The fourth-order valence-electron chi connectivity index (χ4n) is 0.955. The Balaban J connectivity index is 3.73. The first-order valence-electron chi connectivity index (χ1n) is 5.19. The summed E-state index contributed by atoms with van der Waals surface area (Å²) in [6.45, 7) is 2.38. The Kier molecular flexibility index (Phi) is 8.55. The van der Waals surface area contributed by atoms with E-state index in [4.69, 9.17) is 10.2 Å². The summed E-state index contributed by atoms with van der Waals surface area (Å²) in [7, 11) is 0. The average Bonchev–Trinajstić information content (AvgIpc) is 2.34. The Morgan fingerprint density at radius 3 is 2.53 bits per heavy atom. The van der Waals surface area contributed by atoms with Crippen molar-refractivity contribution >= 4 is 5.91 Å². The number of amides is 1. The molecular formula is C10H19NO6. The molecule has 0 radical (unpaired) electrons. The summed E-state index contributed by atoms with van der Waals surface area (Å²) in [6, 6.07) is 0. The van der Waals surface area contributed by atoms with Gasteiger partial charge in [0.2, 0.25) is 5.91 Å². The quantitative estimate of drug-likeness (QED) is 0.240. The van der Waals surface area contributed by atoms with E-state index in [0.717, 1.165) is 0 Å². The molecule has 0 aromatic carbocycles. The first kappa shape index (κ1) is 16.0. The maximum absolute atomic E-state index is 11.0. The van der Waals surface area contributed by atoms with Crippen molar-refractivity contribution in [2.75, 3.05) is 13.2 Å². The van der Waals surface area contributed by atoms with E-state index in [1.165, 1.54) is 0 Å². The average molecular weight is 249 g/mol. The van der Waals surface area contributed by atoms with E-state index in [0.29, 0.717) is 6.42 Å². The molecule has 0 bridgehead atoms. The first-order valence-corrected chi connectivity index (χ1v) is 5.19. The lowest BCUT2D eigenvalue weighted by atomic mass is 10.1. The molecule has 17 heavy (non-hydrogen) atoms. The molecule has 0 rings (SSSR count). The Labute approximate surface area is 99.3 Å². The Morgan fingerprint density at radius 2 is 2.00 bits per heavy atom. The van der Waals surface area contributed by atoms with Gasteiger partial charge < -0.3 is 20.4 Å². The van der Waals surface area contributed by atoms with Crippen molar-refractivity contribution in [3.63, 3.8) is 0 Å². The highest BCUT2D eigenvalue weighted by atomic mass is 16.7. The van der Waals surface area contributed by atoms with Crippen LogP contribution in [0, 0.1) is 0 Å². The third-order valence-corrected chi connectivity index (χ3v) is 1.99. The van der Waals surface area contributed by atoms with Gasteiger partial charge in [0.05, 0.1) is 6.61 Å². The zero-order valence-corrected chi connectivity index (χ0v) is 9.45. The number of hydrogen-bond donors (Lipinski definition) is 5. The lowest BCUT2D eigenvalue weighted by Gasteiger charge is -2.21. The minimum Gasteiger partial charge on any atom is -0.394 e. The molecule has 0 aromatic heterocycles. The molecule has 100 valence electrons. The summed E-state index contributed by atoms with van der Waals surface area (Å²) in [6.07, 6.45) is -2.10. The van der Waals surface area contributed by atoms with E-state index >= 15 is 0 Å². The van der Waals surface area contributed by atoms with Crippen LogP contribution in [0.4, 0.5) is 0 Å². The summed E-state index contributed by atoms with van der Waals surface area (Å²) >= 11 is 0. The number of allylic oxidation sites excluding steroid dienone is 1. The molecule has 0 aliphatic rings. The fraction of sp³-hybridized carbons (Fsp3) is 0.700. The highest BCUT2D eigenvalue weighted by Gasteiger charge is 2.24. The van der Waals surface area contributed by atoms with Gasteiger partial charge in [0, 0.05) is 6.42 Å². The largest absolute Gasteiger partial charge is 0.394 e. The van der Waals surface area contributed by atoms with Gasteiger partial charge in [0.25, 0.3) is 0 Å². The van der Waals surface area contributed by atoms with Gasteiger partial charge in [0.15, 0.2) is 0 Å². The second kappa shape index (κ2) is 9.08. The molecule has 0 spiro atoms. The number of aliphatic hydroxyl groups is 4. The summed E-state index contributed by atoms with van der Waals surface area (Å²) in [5, 5.41) is 36.1. The third-order valence-electron chi connectivity index (χ3n) is 1.99. The number of carbonyl (C=O) groups excluding carboxylic acids is 1. The highest BCUT2D eigenvalue weighted by molar-refractivity contribution is 5.74. The molecule has 0 saturated heterocycles. The lowest BCUT2D eigenvalue weighted by Crippen LogP contribution is -2.43. The number of hydroxylamine groups is 1. The number of carbonyl (C=O) groups is 1. The SMILES string of the molecule is C=CCCC(=O)NOCC(O)[C@@H](O)[C@@H](O)CO. The molecule has 0 saturated carbocycles. The number of aliphatic hydroxyl groups excluding tert-OH is 4. The molecule has 1 unspecified atom stereocenters. The topological polar surface area (TPSA) is 119 Å². The maximum Gasteiger partial charge on any atom is 0.243 e. The van der Waals surface area contributed by atoms with Gasteiger partial charge in [-0.15, -0.1) is 6.58 Å². The van der Waals surface area contributed by atoms with Crippen LogP contribution in [0.25, 0.3) is 0 Å². The number of nitrogens with one attached hydrogen (secondary N) is 1. The van der Waals surface area contributed by atoms with Crippen LogP contribution >= 0.6 is 0 Å². The van der Waals surface area contributed by atoms with Gasteiger partial charge in [-0.2, -0.15) is 0 Å². The van der Waals surface area contributed by atoms with Crippen molar-refractivity contribution < 1.29 is 30.1 Å². The molecule has 5 N–H and O–H groups in total. The number of rotatable bonds is 9. The molecule has 7 nitrogen and oxygen atoms in total. The van der Waals surface area contributed by atoms with E-state index in [1.54, 1.807) is 6.08 Å². The predicted molar refractivity (Wildman–Crippen MR) is 58.6 cm³/mol. The normalized spacial score (nSPS) is 16.0. The Bertz CT molecular complexity index is 235. The van der Waals surface area contributed by atoms with Crippen molar-refractivity contribution in [2.24, 2.45) is 0 Å². The monoisotopic (exact) mass is 249 g/mol. The molecule has 3 atom stereocenters. The smallest absolute Gasteiger partial charge is 0.243 e. The van der Waals surface area contributed by atoms with Crippen LogP contribution in [0.1, 0.15) is 12.8 Å². The lowest BCUT2D eigenvalue weighted by molar-refractivity contribution is -0.143. The van der Waals surface area contributed by atoms with E-state index in [9.17, 15) is 15.0 Å². The first-order chi connectivity index (χ1) is 8.02. The third kappa shape index (κ3) is 7.03. The molecule has 0 aliphatic heterocycles. The van der Waals surface area contributed by atoms with Crippen molar-refractivity contribution in [2.45, 2.75) is 31.2 Å². The Hall–Kier alpha value is -0.990. The molecule has 0 fully saturated rings. The zero-order chi connectivity index (χ0) is 13.3. The fourth-order valence-corrected chi connectivity index (χ4v) is 0.955.